The van der Waals surface area contributed by atoms with Crippen LogP contribution in [0.5, 0.6) is 11.5 Å². The Morgan fingerprint density at radius 1 is 0.860 bits per heavy atom. The normalized spacial score (nSPS) is 17.2. The van der Waals surface area contributed by atoms with Crippen molar-refractivity contribution in [1.82, 2.24) is 0 Å². The number of rotatable bonds is 12. The SMILES string of the molecule is CC=CCCc1ccc(-c2ccc(CCC3CCC(C(F)(F)Oc4ccc(OC=C(F)F)c(F)c4)CC3)c(F)c2)c(F)c1. The minimum Gasteiger partial charge on any atom is -0.456 e. The molecule has 1 aliphatic rings. The highest BCUT2D eigenvalue weighted by Gasteiger charge is 2.44. The summed E-state index contributed by atoms with van der Waals surface area (Å²) in [5.74, 6) is -3.91. The third-order valence-corrected chi connectivity index (χ3v) is 7.81. The quantitative estimate of drug-likeness (QED) is 0.116. The molecule has 0 atom stereocenters. The van der Waals surface area contributed by atoms with E-state index in [-0.39, 0.29) is 25.0 Å². The zero-order chi connectivity index (χ0) is 31.0. The number of allylic oxidation sites excluding steroid dienone is 2. The van der Waals surface area contributed by atoms with Gasteiger partial charge < -0.3 is 9.47 Å². The second-order valence-corrected chi connectivity index (χ2v) is 10.8. The minimum absolute atomic E-state index is 0.0454. The number of ether oxygens (including phenoxy) is 2. The van der Waals surface area contributed by atoms with Crippen LogP contribution in [0.25, 0.3) is 11.1 Å². The monoisotopic (exact) mass is 606 g/mol. The molecule has 3 aromatic rings. The van der Waals surface area contributed by atoms with E-state index in [0.717, 1.165) is 30.5 Å². The molecule has 0 unspecified atom stereocenters. The van der Waals surface area contributed by atoms with E-state index in [1.165, 1.54) is 12.1 Å². The summed E-state index contributed by atoms with van der Waals surface area (Å²) in [7, 11) is 0. The number of halogens is 7. The highest BCUT2D eigenvalue weighted by Crippen LogP contribution is 2.41. The van der Waals surface area contributed by atoms with Crippen LogP contribution in [0, 0.1) is 29.3 Å². The summed E-state index contributed by atoms with van der Waals surface area (Å²) in [6.07, 6.45) is 2.19. The second-order valence-electron chi connectivity index (χ2n) is 10.8. The summed E-state index contributed by atoms with van der Waals surface area (Å²) < 4.78 is 107. The number of hydrogen-bond acceptors (Lipinski definition) is 2. The Hall–Kier alpha value is -3.75. The maximum atomic E-state index is 14.9. The van der Waals surface area contributed by atoms with Crippen molar-refractivity contribution in [2.45, 2.75) is 64.4 Å². The predicted octanol–water partition coefficient (Wildman–Crippen LogP) is 10.8. The van der Waals surface area contributed by atoms with E-state index in [2.05, 4.69) is 4.74 Å². The van der Waals surface area contributed by atoms with Crippen molar-refractivity contribution >= 4 is 0 Å². The summed E-state index contributed by atoms with van der Waals surface area (Å²) >= 11 is 0. The van der Waals surface area contributed by atoms with E-state index in [0.29, 0.717) is 48.4 Å². The van der Waals surface area contributed by atoms with Gasteiger partial charge in [-0.3, -0.25) is 0 Å². The second kappa shape index (κ2) is 14.6. The van der Waals surface area contributed by atoms with Gasteiger partial charge in [-0.05, 0) is 105 Å². The molecule has 0 N–H and O–H groups in total. The smallest absolute Gasteiger partial charge is 0.400 e. The van der Waals surface area contributed by atoms with Crippen molar-refractivity contribution in [3.05, 3.63) is 108 Å². The Morgan fingerprint density at radius 2 is 1.63 bits per heavy atom. The summed E-state index contributed by atoms with van der Waals surface area (Å²) in [4.78, 5) is 0. The Bertz CT molecular complexity index is 1440. The molecule has 9 heteroatoms. The minimum atomic E-state index is -3.56. The van der Waals surface area contributed by atoms with E-state index < -0.39 is 47.1 Å². The lowest BCUT2D eigenvalue weighted by Gasteiger charge is -2.33. The van der Waals surface area contributed by atoms with Crippen LogP contribution in [-0.2, 0) is 12.8 Å². The molecule has 3 aromatic carbocycles. The number of hydrogen-bond donors (Lipinski definition) is 0. The number of aryl methyl sites for hydroxylation is 2. The van der Waals surface area contributed by atoms with Gasteiger partial charge in [0.15, 0.2) is 17.8 Å². The van der Waals surface area contributed by atoms with Gasteiger partial charge in [0.1, 0.15) is 17.4 Å². The molecule has 1 aliphatic carbocycles. The highest BCUT2D eigenvalue weighted by molar-refractivity contribution is 5.65. The Balaban J connectivity index is 1.28. The van der Waals surface area contributed by atoms with Crippen LogP contribution in [0.4, 0.5) is 30.7 Å². The first-order valence-corrected chi connectivity index (χ1v) is 14.3. The van der Waals surface area contributed by atoms with Crippen molar-refractivity contribution in [2.24, 2.45) is 11.8 Å². The van der Waals surface area contributed by atoms with E-state index in [1.807, 2.05) is 25.1 Å². The zero-order valence-corrected chi connectivity index (χ0v) is 23.7. The first kappa shape index (κ1) is 32.2. The summed E-state index contributed by atoms with van der Waals surface area (Å²) in [6, 6.07) is 12.3. The molecule has 4 rings (SSSR count). The molecule has 0 radical (unpaired) electrons. The summed E-state index contributed by atoms with van der Waals surface area (Å²) in [5, 5.41) is 0. The third kappa shape index (κ3) is 8.88. The van der Waals surface area contributed by atoms with Gasteiger partial charge >= 0.3 is 12.2 Å². The fourth-order valence-corrected chi connectivity index (χ4v) is 5.42. The van der Waals surface area contributed by atoms with Gasteiger partial charge in [-0.1, -0.05) is 36.4 Å². The van der Waals surface area contributed by atoms with E-state index in [1.54, 1.807) is 18.2 Å². The fraction of sp³-hybridized carbons (Fsp3) is 0.353. The van der Waals surface area contributed by atoms with Crippen LogP contribution in [0.3, 0.4) is 0 Å². The topological polar surface area (TPSA) is 18.5 Å². The fourth-order valence-electron chi connectivity index (χ4n) is 5.42. The Kier molecular flexibility index (Phi) is 10.9. The average molecular weight is 607 g/mol. The molecule has 0 spiro atoms. The van der Waals surface area contributed by atoms with Crippen LogP contribution < -0.4 is 9.47 Å². The molecule has 0 bridgehead atoms. The molecule has 0 amide bonds. The van der Waals surface area contributed by atoms with Crippen molar-refractivity contribution in [1.29, 1.82) is 0 Å². The lowest BCUT2D eigenvalue weighted by Crippen LogP contribution is -2.37. The molecular formula is C34H33F7O2. The van der Waals surface area contributed by atoms with Crippen LogP contribution >= 0.6 is 0 Å². The molecule has 230 valence electrons. The van der Waals surface area contributed by atoms with Gasteiger partial charge in [-0.25, -0.2) is 13.2 Å². The molecule has 1 fully saturated rings. The van der Waals surface area contributed by atoms with Gasteiger partial charge in [-0.15, -0.1) is 0 Å². The van der Waals surface area contributed by atoms with Crippen LogP contribution in [-0.4, -0.2) is 6.11 Å². The van der Waals surface area contributed by atoms with Gasteiger partial charge in [0.2, 0.25) is 0 Å². The third-order valence-electron chi connectivity index (χ3n) is 7.81. The summed E-state index contributed by atoms with van der Waals surface area (Å²) in [6.45, 7) is 1.93. The standard InChI is InChI=1S/C34H33F7O2/c1-2-3-4-5-23-9-16-28(30(36)18-23)25-12-11-24(29(35)19-25)10-6-22-7-13-26(14-8-22)34(40,41)43-27-15-17-32(31(37)20-27)42-21-33(38)39/h2-3,9,11-12,15-22,26H,4-8,10,13-14H2,1H3. The lowest BCUT2D eigenvalue weighted by molar-refractivity contribution is -0.223. The van der Waals surface area contributed by atoms with Crippen LogP contribution in [0.1, 0.15) is 56.6 Å². The van der Waals surface area contributed by atoms with Crippen molar-refractivity contribution < 1.29 is 40.2 Å². The average Bonchev–Trinajstić information content (AvgIpc) is 2.96. The van der Waals surface area contributed by atoms with E-state index >= 15 is 0 Å². The highest BCUT2D eigenvalue weighted by atomic mass is 19.3. The molecule has 2 nitrogen and oxygen atoms in total. The maximum Gasteiger partial charge on any atom is 0.400 e. The van der Waals surface area contributed by atoms with Gasteiger partial charge in [0.25, 0.3) is 0 Å². The van der Waals surface area contributed by atoms with Crippen LogP contribution in [0.2, 0.25) is 0 Å². The first-order chi connectivity index (χ1) is 20.6. The molecule has 1 saturated carbocycles. The lowest BCUT2D eigenvalue weighted by atomic mass is 9.79. The van der Waals surface area contributed by atoms with Crippen molar-refractivity contribution in [2.75, 3.05) is 0 Å². The Labute approximate surface area is 246 Å². The van der Waals surface area contributed by atoms with E-state index in [4.69, 9.17) is 4.74 Å². The molecule has 0 heterocycles. The maximum absolute atomic E-state index is 14.9. The van der Waals surface area contributed by atoms with Gasteiger partial charge in [0, 0.05) is 11.6 Å². The zero-order valence-electron chi connectivity index (χ0n) is 23.7. The van der Waals surface area contributed by atoms with Crippen LogP contribution in [0.15, 0.2) is 79.1 Å². The summed E-state index contributed by atoms with van der Waals surface area (Å²) in [5.41, 5.74) is 2.14. The molecular weight excluding hydrogens is 573 g/mol. The van der Waals surface area contributed by atoms with E-state index in [9.17, 15) is 30.7 Å². The van der Waals surface area contributed by atoms with Crippen molar-refractivity contribution in [3.63, 3.8) is 0 Å². The Morgan fingerprint density at radius 3 is 2.28 bits per heavy atom. The van der Waals surface area contributed by atoms with Gasteiger partial charge in [-0.2, -0.15) is 17.6 Å². The number of alkyl halides is 2. The molecule has 43 heavy (non-hydrogen) atoms. The number of benzene rings is 3. The largest absolute Gasteiger partial charge is 0.456 e. The first-order valence-electron chi connectivity index (χ1n) is 14.3. The van der Waals surface area contributed by atoms with Gasteiger partial charge in [0.05, 0.1) is 5.92 Å². The molecule has 0 aliphatic heterocycles. The predicted molar refractivity (Wildman–Crippen MR) is 152 cm³/mol. The molecule has 0 saturated heterocycles. The van der Waals surface area contributed by atoms with Crippen molar-refractivity contribution in [3.8, 4) is 22.6 Å². The molecule has 0 aromatic heterocycles.